The van der Waals surface area contributed by atoms with Gasteiger partial charge in [-0.05, 0) is 0 Å². The van der Waals surface area contributed by atoms with E-state index in [0.29, 0.717) is 0 Å². The third-order valence-corrected chi connectivity index (χ3v) is 2.49. The minimum atomic E-state index is 0. The molecule has 4 radical (unpaired) electrons. The Balaban J connectivity index is -0.0000000308. The molecule has 0 bridgehead atoms. The summed E-state index contributed by atoms with van der Waals surface area (Å²) in [7, 11) is 0. The van der Waals surface area contributed by atoms with Gasteiger partial charge in [0.15, 0.2) is 0 Å². The molecule has 3 aromatic carbocycles. The summed E-state index contributed by atoms with van der Waals surface area (Å²) in [5, 5.41) is 0. The van der Waals surface area contributed by atoms with Crippen LogP contribution in [0.2, 0.25) is 0 Å². The fourth-order valence-electron chi connectivity index (χ4n) is 1.41. The zero-order valence-corrected chi connectivity index (χ0v) is 25.9. The molecule has 0 unspecified atom stereocenters. The first-order valence-electron chi connectivity index (χ1n) is 7.65. The molecule has 0 heterocycles. The molecule has 0 atom stereocenters. The Labute approximate surface area is 244 Å². The van der Waals surface area contributed by atoms with E-state index in [1.54, 1.807) is 0 Å². The molecule has 3 rings (SSSR count). The monoisotopic (exact) mass is 778 g/mol. The van der Waals surface area contributed by atoms with Crippen LogP contribution < -0.4 is 0 Å². The van der Waals surface area contributed by atoms with E-state index < -0.39 is 0 Å². The van der Waals surface area contributed by atoms with E-state index >= 15 is 0 Å². The van der Waals surface area contributed by atoms with Gasteiger partial charge in [-0.3, -0.25) is 0 Å². The second kappa shape index (κ2) is 76.9. The average molecular weight is 777 g/mol. The van der Waals surface area contributed by atoms with E-state index in [4.69, 9.17) is 27.9 Å². The summed E-state index contributed by atoms with van der Waals surface area (Å²) in [5.41, 5.74) is 4.03. The van der Waals surface area contributed by atoms with Gasteiger partial charge in [0, 0.05) is 34.1 Å². The Morgan fingerprint density at radius 3 is 0.676 bits per heavy atom. The molecule has 6 nitrogen and oxygen atoms in total. The molecule has 0 fully saturated rings. The van der Waals surface area contributed by atoms with Gasteiger partial charge in [0.1, 0.15) is 0 Å². The van der Waals surface area contributed by atoms with Gasteiger partial charge in [0.25, 0.3) is 0 Å². The van der Waals surface area contributed by atoms with Crippen LogP contribution in [0.5, 0.6) is 0 Å². The van der Waals surface area contributed by atoms with Gasteiger partial charge in [0.05, 0.1) is 0 Å². The van der Waals surface area contributed by atoms with E-state index in [-0.39, 0.29) is 34.1 Å². The molecular weight excluding hydrogens is 756 g/mol. The van der Waals surface area contributed by atoms with Crippen LogP contribution in [-0.4, -0.2) is 22.7 Å². The molecule has 0 saturated heterocycles. The maximum atomic E-state index is 7.50. The first-order chi connectivity index (χ1) is 15.7. The third-order valence-electron chi connectivity index (χ3n) is 2.49. The van der Waals surface area contributed by atoms with Crippen molar-refractivity contribution in [1.82, 2.24) is 0 Å². The molecular formula is C24H21Mn3O6Pb-3. The zero-order chi connectivity index (χ0) is 27.2. The van der Waals surface area contributed by atoms with Gasteiger partial charge in [-0.2, -0.15) is 53.1 Å². The Bertz CT molecular complexity index is 632. The van der Waals surface area contributed by atoms with Crippen molar-refractivity contribution in [2.24, 2.45) is 0 Å². The van der Waals surface area contributed by atoms with Crippen LogP contribution in [0.15, 0.2) is 72.8 Å². The van der Waals surface area contributed by atoms with E-state index in [0.717, 1.165) is 22.7 Å². The molecule has 0 aliphatic rings. The predicted octanol–water partition coefficient (Wildman–Crippen LogP) is 4.53. The topological polar surface area (TPSA) is 119 Å². The average Bonchev–Trinajstić information content (AvgIpc) is 3.69. The molecule has 0 amide bonds. The fourth-order valence-corrected chi connectivity index (χ4v) is 1.41. The second-order valence-electron chi connectivity index (χ2n) is 4.39. The minimum absolute atomic E-state index is 0. The Morgan fingerprint density at radius 2 is 0.647 bits per heavy atom. The summed E-state index contributed by atoms with van der Waals surface area (Å²) in [6, 6.07) is 24.7. The van der Waals surface area contributed by atoms with Crippen molar-refractivity contribution >= 4 is 22.7 Å². The standard InChI is InChI=1S/3C6H7.6CO.3Mn.Pb/c3*1-6-4-2-3-5-6;6*1-2;;;;/h3*2-5H,1H3;;;;;;;;;;/q3*-1;;;;;;;;;;. The van der Waals surface area contributed by atoms with Crippen LogP contribution in [0.1, 0.15) is 16.7 Å². The zero-order valence-electron chi connectivity index (χ0n) is 18.5. The van der Waals surface area contributed by atoms with E-state index in [2.05, 4.69) is 109 Å². The van der Waals surface area contributed by atoms with E-state index in [1.807, 2.05) is 36.4 Å². The molecule has 3 aromatic rings. The number of hydrogen-bond acceptors (Lipinski definition) is 0. The van der Waals surface area contributed by atoms with Gasteiger partial charge in [-0.25, -0.2) is 36.4 Å². The van der Waals surface area contributed by atoms with Crippen LogP contribution in [0.25, 0.3) is 0 Å². The third kappa shape index (κ3) is 69.8. The Morgan fingerprint density at radius 1 is 0.500 bits per heavy atom. The van der Waals surface area contributed by atoms with Crippen LogP contribution in [-0.2, 0) is 73.5 Å². The molecule has 0 aliphatic carbocycles. The molecule has 0 aromatic heterocycles. The first-order valence-corrected chi connectivity index (χ1v) is 14.3. The quantitative estimate of drug-likeness (QED) is 0.181. The fraction of sp³-hybridized carbons (Fsp3) is 0.125. The molecule has 0 saturated carbocycles. The van der Waals surface area contributed by atoms with Gasteiger partial charge in [-0.1, -0.05) is 20.8 Å². The van der Waals surface area contributed by atoms with Crippen LogP contribution in [0.4, 0.5) is 0 Å². The summed E-state index contributed by atoms with van der Waals surface area (Å²) in [5.74, 6) is 0. The summed E-state index contributed by atoms with van der Waals surface area (Å²) in [4.78, 5) is 0. The van der Waals surface area contributed by atoms with Crippen LogP contribution in [0.3, 0.4) is 0 Å². The molecule has 0 aliphatic heterocycles. The van der Waals surface area contributed by atoms with Crippen LogP contribution in [0, 0.1) is 60.7 Å². The van der Waals surface area contributed by atoms with Crippen molar-refractivity contribution in [1.29, 1.82) is 0 Å². The Kier molecular flexibility index (Phi) is 133. The van der Waals surface area contributed by atoms with E-state index in [9.17, 15) is 0 Å². The predicted molar refractivity (Wildman–Crippen MR) is 110 cm³/mol. The van der Waals surface area contributed by atoms with E-state index in [1.165, 1.54) is 16.7 Å². The molecule has 0 spiro atoms. The molecule has 0 N–H and O–H groups in total. The SMILES string of the molecule is Cc1ccc[cH-]1.Cc1ccc[cH-]1.Cc1ccc[cH-]1.[C-]#[O+].[C-]#[O+].[C-]#[O+].[C-]#[O+].[C-]#[O+].[C-]#[O+].[Mn].[Mn].[Mn]=[Pb]. The van der Waals surface area contributed by atoms with Gasteiger partial charge < -0.3 is 0 Å². The van der Waals surface area contributed by atoms with Gasteiger partial charge in [0.2, 0.25) is 0 Å². The normalized spacial score (nSPS) is 5.15. The molecule has 181 valence electrons. The van der Waals surface area contributed by atoms with Crippen molar-refractivity contribution in [3.63, 3.8) is 0 Å². The van der Waals surface area contributed by atoms with Gasteiger partial charge in [-0.15, -0.1) is 0 Å². The molecule has 10 heteroatoms. The number of hydrogen-bond donors (Lipinski definition) is 0. The summed E-state index contributed by atoms with van der Waals surface area (Å²) < 4.78 is 45.0. The van der Waals surface area contributed by atoms with Crippen molar-refractivity contribution < 1.29 is 73.5 Å². The number of rotatable bonds is 0. The summed E-state index contributed by atoms with van der Waals surface area (Å²) >= 11 is 4.19. The van der Waals surface area contributed by atoms with Crippen molar-refractivity contribution in [3.05, 3.63) is 129 Å². The maximum absolute atomic E-state index is 7.50. The van der Waals surface area contributed by atoms with Crippen molar-refractivity contribution in [2.75, 3.05) is 0 Å². The first kappa shape index (κ1) is 58.7. The van der Waals surface area contributed by atoms with Crippen LogP contribution >= 0.6 is 0 Å². The number of aryl methyl sites for hydroxylation is 3. The van der Waals surface area contributed by atoms with Gasteiger partial charge >= 0.3 is 102 Å². The summed E-state index contributed by atoms with van der Waals surface area (Å²) in [6.45, 7) is 33.2. The summed E-state index contributed by atoms with van der Waals surface area (Å²) in [6.07, 6.45) is 0. The Hall–Kier alpha value is -1.03. The van der Waals surface area contributed by atoms with Crippen molar-refractivity contribution in [3.8, 4) is 0 Å². The van der Waals surface area contributed by atoms with Crippen molar-refractivity contribution in [2.45, 2.75) is 20.8 Å². The molecule has 34 heavy (non-hydrogen) atoms. The second-order valence-corrected chi connectivity index (χ2v) is 4.39.